The minimum atomic E-state index is -3.90. The number of hydrogen-bond acceptors (Lipinski definition) is 4. The van der Waals surface area contributed by atoms with E-state index in [-0.39, 0.29) is 17.9 Å². The van der Waals surface area contributed by atoms with Gasteiger partial charge in [-0.05, 0) is 19.1 Å². The summed E-state index contributed by atoms with van der Waals surface area (Å²) in [6, 6.07) is 6.22. The lowest BCUT2D eigenvalue weighted by atomic mass is 10.1. The van der Waals surface area contributed by atoms with Crippen LogP contribution in [0.3, 0.4) is 0 Å². The summed E-state index contributed by atoms with van der Waals surface area (Å²) in [5.41, 5.74) is -0.752. The molecule has 4 nitrogen and oxygen atoms in total. The van der Waals surface area contributed by atoms with E-state index in [2.05, 4.69) is 0 Å². The standard InChI is InChI=1S/C12H15FO4S/c1-10-2-4-11(5-3-10)18(14,15)17-9-12(13)6-7-16-8-12/h2-5H,6-9H2,1H3. The summed E-state index contributed by atoms with van der Waals surface area (Å²) in [4.78, 5) is 0.0376. The highest BCUT2D eigenvalue weighted by molar-refractivity contribution is 7.86. The zero-order chi connectivity index (χ0) is 13.2. The smallest absolute Gasteiger partial charge is 0.297 e. The Balaban J connectivity index is 2.05. The average molecular weight is 274 g/mol. The SMILES string of the molecule is Cc1ccc(S(=O)(=O)OCC2(F)CCOC2)cc1. The van der Waals surface area contributed by atoms with Gasteiger partial charge in [0.25, 0.3) is 10.1 Å². The van der Waals surface area contributed by atoms with E-state index >= 15 is 0 Å². The summed E-state index contributed by atoms with van der Waals surface area (Å²) in [6.07, 6.45) is 0.163. The van der Waals surface area contributed by atoms with Gasteiger partial charge in [-0.1, -0.05) is 17.7 Å². The third kappa shape index (κ3) is 3.07. The molecule has 18 heavy (non-hydrogen) atoms. The fraction of sp³-hybridized carbons (Fsp3) is 0.500. The number of ether oxygens (including phenoxy) is 1. The molecule has 1 aliphatic heterocycles. The summed E-state index contributed by atoms with van der Waals surface area (Å²) in [6.45, 7) is 1.54. The van der Waals surface area contributed by atoms with Gasteiger partial charge in [-0.3, -0.25) is 4.18 Å². The summed E-state index contributed by atoms with van der Waals surface area (Å²) >= 11 is 0. The van der Waals surface area contributed by atoms with E-state index in [4.69, 9.17) is 8.92 Å². The molecule has 0 aliphatic carbocycles. The van der Waals surface area contributed by atoms with Crippen molar-refractivity contribution in [2.75, 3.05) is 19.8 Å². The average Bonchev–Trinajstić information content (AvgIpc) is 2.75. The number of alkyl halides is 1. The summed E-state index contributed by atoms with van der Waals surface area (Å²) < 4.78 is 47.2. The number of hydrogen-bond donors (Lipinski definition) is 0. The van der Waals surface area contributed by atoms with Crippen molar-refractivity contribution in [2.24, 2.45) is 0 Å². The minimum Gasteiger partial charge on any atom is -0.378 e. The molecule has 1 aromatic rings. The van der Waals surface area contributed by atoms with Crippen LogP contribution in [0.2, 0.25) is 0 Å². The predicted octanol–water partition coefficient (Wildman–Crippen LogP) is 1.83. The summed E-state index contributed by atoms with van der Waals surface area (Å²) in [7, 11) is -3.90. The maximum atomic E-state index is 13.9. The lowest BCUT2D eigenvalue weighted by molar-refractivity contribution is 0.0668. The Bertz CT molecular complexity index is 503. The van der Waals surface area contributed by atoms with E-state index in [0.29, 0.717) is 6.61 Å². The molecule has 100 valence electrons. The molecule has 1 fully saturated rings. The molecule has 1 aliphatic rings. The minimum absolute atomic E-state index is 0.0376. The van der Waals surface area contributed by atoms with E-state index in [1.807, 2.05) is 6.92 Å². The van der Waals surface area contributed by atoms with E-state index in [9.17, 15) is 12.8 Å². The molecule has 0 radical (unpaired) electrons. The molecule has 1 saturated heterocycles. The highest BCUT2D eigenvalue weighted by atomic mass is 32.2. The first kappa shape index (κ1) is 13.5. The van der Waals surface area contributed by atoms with Crippen molar-refractivity contribution < 1.29 is 21.7 Å². The van der Waals surface area contributed by atoms with Gasteiger partial charge in [-0.25, -0.2) is 4.39 Å². The molecule has 0 spiro atoms. The van der Waals surface area contributed by atoms with Gasteiger partial charge in [0, 0.05) is 13.0 Å². The highest BCUT2D eigenvalue weighted by Crippen LogP contribution is 2.25. The molecule has 0 aromatic heterocycles. The van der Waals surface area contributed by atoms with Crippen LogP contribution < -0.4 is 0 Å². The van der Waals surface area contributed by atoms with Gasteiger partial charge in [-0.2, -0.15) is 8.42 Å². The number of rotatable bonds is 4. The maximum absolute atomic E-state index is 13.9. The van der Waals surface area contributed by atoms with Gasteiger partial charge in [0.05, 0.1) is 11.5 Å². The van der Waals surface area contributed by atoms with Gasteiger partial charge < -0.3 is 4.74 Å². The Morgan fingerprint density at radius 3 is 2.61 bits per heavy atom. The predicted molar refractivity (Wildman–Crippen MR) is 63.6 cm³/mol. The lowest BCUT2D eigenvalue weighted by Gasteiger charge is -2.16. The quantitative estimate of drug-likeness (QED) is 0.786. The Morgan fingerprint density at radius 1 is 1.39 bits per heavy atom. The van der Waals surface area contributed by atoms with Gasteiger partial charge in [0.15, 0.2) is 5.67 Å². The van der Waals surface area contributed by atoms with Crippen LogP contribution in [-0.4, -0.2) is 33.9 Å². The molecule has 0 saturated carbocycles. The number of halogens is 1. The third-order valence-corrected chi connectivity index (χ3v) is 4.12. The van der Waals surface area contributed by atoms with Crippen molar-refractivity contribution >= 4 is 10.1 Å². The van der Waals surface area contributed by atoms with E-state index in [1.54, 1.807) is 12.1 Å². The molecular weight excluding hydrogens is 259 g/mol. The van der Waals surface area contributed by atoms with Gasteiger partial charge >= 0.3 is 0 Å². The monoisotopic (exact) mass is 274 g/mol. The van der Waals surface area contributed by atoms with Gasteiger partial charge in [-0.15, -0.1) is 0 Å². The van der Waals surface area contributed by atoms with Crippen LogP contribution in [0.4, 0.5) is 4.39 Å². The molecule has 1 atom stereocenters. The first-order chi connectivity index (χ1) is 8.41. The molecule has 1 unspecified atom stereocenters. The van der Waals surface area contributed by atoms with Crippen LogP contribution in [0.25, 0.3) is 0 Å². The van der Waals surface area contributed by atoms with Crippen molar-refractivity contribution in [3.05, 3.63) is 29.8 Å². The van der Waals surface area contributed by atoms with Crippen LogP contribution in [0.15, 0.2) is 29.2 Å². The second-order valence-corrected chi connectivity index (χ2v) is 6.10. The Labute approximate surface area is 106 Å². The van der Waals surface area contributed by atoms with Crippen molar-refractivity contribution in [1.29, 1.82) is 0 Å². The Kier molecular flexibility index (Phi) is 3.70. The third-order valence-electron chi connectivity index (χ3n) is 2.84. The first-order valence-electron chi connectivity index (χ1n) is 5.64. The fourth-order valence-corrected chi connectivity index (χ4v) is 2.62. The zero-order valence-corrected chi connectivity index (χ0v) is 10.9. The molecule has 0 N–H and O–H groups in total. The van der Waals surface area contributed by atoms with Crippen LogP contribution in [-0.2, 0) is 19.0 Å². The Morgan fingerprint density at radius 2 is 2.06 bits per heavy atom. The van der Waals surface area contributed by atoms with Crippen molar-refractivity contribution in [1.82, 2.24) is 0 Å². The van der Waals surface area contributed by atoms with Crippen molar-refractivity contribution in [3.63, 3.8) is 0 Å². The van der Waals surface area contributed by atoms with Crippen molar-refractivity contribution in [2.45, 2.75) is 23.9 Å². The van der Waals surface area contributed by atoms with Gasteiger partial charge in [0.2, 0.25) is 0 Å². The van der Waals surface area contributed by atoms with Crippen LogP contribution in [0, 0.1) is 6.92 Å². The highest BCUT2D eigenvalue weighted by Gasteiger charge is 2.37. The van der Waals surface area contributed by atoms with E-state index < -0.39 is 22.4 Å². The maximum Gasteiger partial charge on any atom is 0.297 e. The van der Waals surface area contributed by atoms with Crippen LogP contribution >= 0.6 is 0 Å². The molecule has 0 amide bonds. The summed E-state index contributed by atoms with van der Waals surface area (Å²) in [5, 5.41) is 0. The largest absolute Gasteiger partial charge is 0.378 e. The lowest BCUT2D eigenvalue weighted by Crippen LogP contribution is -2.31. The molecule has 0 bridgehead atoms. The van der Waals surface area contributed by atoms with E-state index in [1.165, 1.54) is 12.1 Å². The molecule has 1 aromatic carbocycles. The molecule has 1 heterocycles. The Hall–Kier alpha value is -0.980. The number of benzene rings is 1. The van der Waals surface area contributed by atoms with Gasteiger partial charge in [0.1, 0.15) is 6.61 Å². The molecule has 6 heteroatoms. The van der Waals surface area contributed by atoms with Crippen LogP contribution in [0.1, 0.15) is 12.0 Å². The van der Waals surface area contributed by atoms with E-state index in [0.717, 1.165) is 5.56 Å². The second kappa shape index (κ2) is 4.95. The normalized spacial score (nSPS) is 24.3. The van der Waals surface area contributed by atoms with Crippen molar-refractivity contribution in [3.8, 4) is 0 Å². The van der Waals surface area contributed by atoms with Crippen LogP contribution in [0.5, 0.6) is 0 Å². The first-order valence-corrected chi connectivity index (χ1v) is 7.05. The molecular formula is C12H15FO4S. The fourth-order valence-electron chi connectivity index (χ4n) is 1.65. The second-order valence-electron chi connectivity index (χ2n) is 4.48. The topological polar surface area (TPSA) is 52.6 Å². The number of aryl methyl sites for hydroxylation is 1. The zero-order valence-electron chi connectivity index (χ0n) is 10.1. The molecule has 2 rings (SSSR count). The summed E-state index contributed by atoms with van der Waals surface area (Å²) in [5.74, 6) is 0.